The highest BCUT2D eigenvalue weighted by Gasteiger charge is 2.81. The predicted octanol–water partition coefficient (Wildman–Crippen LogP) is 4.21. The van der Waals surface area contributed by atoms with Gasteiger partial charge in [-0.25, -0.2) is 0 Å². The number of rotatable bonds is 8. The lowest BCUT2D eigenvalue weighted by Gasteiger charge is -2.36. The number of hydrogen-bond acceptors (Lipinski definition) is 4. The van der Waals surface area contributed by atoms with Crippen molar-refractivity contribution in [2.24, 2.45) is 0 Å². The quantitative estimate of drug-likeness (QED) is 0.345. The fourth-order valence-electron chi connectivity index (χ4n) is 0.873. The fraction of sp³-hybridized carbons (Fsp3) is 0.714. The molecule has 0 rings (SSSR count). The molecule has 0 aliphatic rings. The first-order valence-corrected chi connectivity index (χ1v) is 6.03. The molecule has 0 saturated heterocycles. The second kappa shape index (κ2) is 7.35. The molecule has 156 valence electrons. The highest BCUT2D eigenvalue weighted by molar-refractivity contribution is 7.74. The first kappa shape index (κ1) is 24.7. The predicted molar refractivity (Wildman–Crippen MR) is 49.1 cm³/mol. The second-order valence-corrected chi connectivity index (χ2v) is 4.28. The molecule has 0 aromatic heterocycles. The van der Waals surface area contributed by atoms with Crippen molar-refractivity contribution in [3.8, 4) is 0 Å². The van der Waals surface area contributed by atoms with Crippen LogP contribution in [0.15, 0.2) is 12.1 Å². The molecular formula is C7HF13O5S. The molecule has 0 aromatic carbocycles. The van der Waals surface area contributed by atoms with Crippen molar-refractivity contribution in [3.63, 3.8) is 0 Å². The third-order valence-electron chi connectivity index (χ3n) is 1.89. The Morgan fingerprint density at radius 3 is 1.50 bits per heavy atom. The van der Waals surface area contributed by atoms with E-state index in [2.05, 4.69) is 4.18 Å². The third kappa shape index (κ3) is 5.10. The second-order valence-electron chi connectivity index (χ2n) is 3.68. The van der Waals surface area contributed by atoms with Crippen LogP contribution in [0.25, 0.3) is 0 Å². The minimum Gasteiger partial charge on any atom is -0.398 e. The van der Waals surface area contributed by atoms with Crippen molar-refractivity contribution in [2.75, 3.05) is 0 Å². The van der Waals surface area contributed by atoms with Crippen molar-refractivity contribution in [1.29, 1.82) is 0 Å². The zero-order valence-corrected chi connectivity index (χ0v) is 11.7. The summed E-state index contributed by atoms with van der Waals surface area (Å²) >= 11 is -4.37. The van der Waals surface area contributed by atoms with Crippen LogP contribution >= 0.6 is 0 Å². The van der Waals surface area contributed by atoms with Crippen LogP contribution < -0.4 is 0 Å². The number of halogens is 13. The van der Waals surface area contributed by atoms with Crippen LogP contribution in [0, 0.1) is 0 Å². The first-order valence-electron chi connectivity index (χ1n) is 4.99. The molecule has 0 bridgehead atoms. The van der Waals surface area contributed by atoms with E-state index >= 15 is 0 Å². The first-order chi connectivity index (χ1) is 11.2. The lowest BCUT2D eigenvalue weighted by molar-refractivity contribution is -0.530. The molecule has 26 heavy (non-hydrogen) atoms. The van der Waals surface area contributed by atoms with Crippen LogP contribution in [-0.2, 0) is 25.0 Å². The average molecular weight is 444 g/mol. The molecule has 0 aliphatic heterocycles. The Bertz CT molecular complexity index is 570. The van der Waals surface area contributed by atoms with E-state index in [1.165, 1.54) is 0 Å². The van der Waals surface area contributed by atoms with Crippen LogP contribution in [0.2, 0.25) is 0 Å². The molecule has 1 N–H and O–H groups in total. The van der Waals surface area contributed by atoms with Crippen LogP contribution in [0.4, 0.5) is 57.1 Å². The molecule has 19 heteroatoms. The van der Waals surface area contributed by atoms with Gasteiger partial charge in [-0.2, -0.15) is 65.5 Å². The molecule has 0 saturated carbocycles. The summed E-state index contributed by atoms with van der Waals surface area (Å²) in [5.74, 6) is -7.37. The molecule has 0 radical (unpaired) electrons. The maximum Gasteiger partial charge on any atom is 0.471 e. The summed E-state index contributed by atoms with van der Waals surface area (Å²) in [4.78, 5) is 0. The molecule has 5 nitrogen and oxygen atoms in total. The average Bonchev–Trinajstić information content (AvgIpc) is 2.33. The van der Waals surface area contributed by atoms with Gasteiger partial charge in [-0.05, 0) is 0 Å². The molecule has 2 unspecified atom stereocenters. The summed E-state index contributed by atoms with van der Waals surface area (Å²) in [6.45, 7) is 0. The smallest absolute Gasteiger partial charge is 0.398 e. The van der Waals surface area contributed by atoms with Gasteiger partial charge in [0.25, 0.3) is 0 Å². The zero-order chi connectivity index (χ0) is 21.4. The Labute approximate surface area is 134 Å². The van der Waals surface area contributed by atoms with E-state index in [1.54, 1.807) is 4.74 Å². The van der Waals surface area contributed by atoms with Crippen LogP contribution in [0.1, 0.15) is 0 Å². The summed E-state index contributed by atoms with van der Waals surface area (Å²) in [6, 6.07) is -3.90. The molecule has 2 atom stereocenters. The summed E-state index contributed by atoms with van der Waals surface area (Å²) in [7, 11) is 0. The number of hydrogen-bond donors (Lipinski definition) is 1. The maximum absolute atomic E-state index is 13.4. The van der Waals surface area contributed by atoms with Crippen LogP contribution in [0.5, 0.6) is 0 Å². The van der Waals surface area contributed by atoms with Crippen LogP contribution in [-0.4, -0.2) is 39.1 Å². The van der Waals surface area contributed by atoms with E-state index in [0.29, 0.717) is 0 Å². The Morgan fingerprint density at radius 2 is 1.19 bits per heavy atom. The molecular weight excluding hydrogens is 443 g/mol. The van der Waals surface area contributed by atoms with Gasteiger partial charge in [-0.15, -0.1) is 0 Å². The topological polar surface area (TPSA) is 65.0 Å². The van der Waals surface area contributed by atoms with Crippen molar-refractivity contribution in [3.05, 3.63) is 12.1 Å². The molecule has 0 amide bonds. The van der Waals surface area contributed by atoms with Crippen molar-refractivity contribution in [1.82, 2.24) is 0 Å². The van der Waals surface area contributed by atoms with E-state index in [9.17, 15) is 61.3 Å². The standard InChI is InChI=1S/C7HF13O5S/c8-1(9)2(10)23-5(15,16)3(11,4(12,13)14)24-6(17,18)7(19,20)25-26(21)22/h(H,21,22). The maximum atomic E-state index is 13.4. The largest absolute Gasteiger partial charge is 0.471 e. The van der Waals surface area contributed by atoms with Gasteiger partial charge in [0, 0.05) is 0 Å². The van der Waals surface area contributed by atoms with E-state index in [1.807, 2.05) is 4.74 Å². The number of ether oxygens (including phenoxy) is 2. The van der Waals surface area contributed by atoms with E-state index < -0.39 is 53.8 Å². The molecule has 0 aliphatic carbocycles. The Balaban J connectivity index is 6.13. The van der Waals surface area contributed by atoms with Gasteiger partial charge in [0.1, 0.15) is 0 Å². The van der Waals surface area contributed by atoms with E-state index in [-0.39, 0.29) is 0 Å². The molecule has 0 aromatic rings. The lowest BCUT2D eigenvalue weighted by Crippen LogP contribution is -2.63. The van der Waals surface area contributed by atoms with Crippen molar-refractivity contribution in [2.45, 2.75) is 30.4 Å². The van der Waals surface area contributed by atoms with Crippen molar-refractivity contribution >= 4 is 11.4 Å². The van der Waals surface area contributed by atoms with Gasteiger partial charge in [-0.1, -0.05) is 0 Å². The monoisotopic (exact) mass is 444 g/mol. The van der Waals surface area contributed by atoms with Gasteiger partial charge in [0.15, 0.2) is 0 Å². The minimum absolute atomic E-state index is 1.65. The summed E-state index contributed by atoms with van der Waals surface area (Å²) in [5, 5.41) is 0. The van der Waals surface area contributed by atoms with Gasteiger partial charge < -0.3 is 4.74 Å². The lowest BCUT2D eigenvalue weighted by atomic mass is 10.2. The Kier molecular flexibility index (Phi) is 6.97. The highest BCUT2D eigenvalue weighted by Crippen LogP contribution is 2.52. The normalized spacial score (nSPS) is 17.5. The van der Waals surface area contributed by atoms with Gasteiger partial charge in [0.05, 0.1) is 0 Å². The fourth-order valence-corrected chi connectivity index (χ4v) is 1.15. The zero-order valence-electron chi connectivity index (χ0n) is 10.9. The minimum atomic E-state index is -7.43. The Morgan fingerprint density at radius 1 is 0.769 bits per heavy atom. The van der Waals surface area contributed by atoms with Gasteiger partial charge in [0.2, 0.25) is 0 Å². The van der Waals surface area contributed by atoms with E-state index in [0.717, 1.165) is 0 Å². The van der Waals surface area contributed by atoms with Gasteiger partial charge >= 0.3 is 53.8 Å². The Hall–Kier alpha value is -1.34. The number of alkyl halides is 10. The summed E-state index contributed by atoms with van der Waals surface area (Å²) in [6.07, 6.45) is -32.2. The van der Waals surface area contributed by atoms with Crippen LogP contribution in [0.3, 0.4) is 0 Å². The summed E-state index contributed by atoms with van der Waals surface area (Å²) < 4.78 is 186. The molecule has 0 spiro atoms. The third-order valence-corrected chi connectivity index (χ3v) is 2.24. The molecule has 0 heterocycles. The SMILES string of the molecule is O=S(O)OC(F)(F)C(F)(F)OC(F)(C(F)(F)F)C(F)(F)OC(F)=C(F)F. The van der Waals surface area contributed by atoms with E-state index in [4.69, 9.17) is 4.55 Å². The summed E-state index contributed by atoms with van der Waals surface area (Å²) in [5.41, 5.74) is 0. The highest BCUT2D eigenvalue weighted by atomic mass is 32.2. The van der Waals surface area contributed by atoms with Gasteiger partial charge in [-0.3, -0.25) is 9.29 Å². The molecule has 0 fully saturated rings. The van der Waals surface area contributed by atoms with Crippen molar-refractivity contribution < 1.29 is 79.5 Å².